The first kappa shape index (κ1) is 13.5. The molecule has 17 heavy (non-hydrogen) atoms. The predicted octanol–water partition coefficient (Wildman–Crippen LogP) is 0.666. The van der Waals surface area contributed by atoms with Gasteiger partial charge in [-0.25, -0.2) is 0 Å². The monoisotopic (exact) mass is 259 g/mol. The number of carbonyl (C=O) groups is 1. The Bertz CT molecular complexity index is 513. The van der Waals surface area contributed by atoms with Gasteiger partial charge in [0.25, 0.3) is 16.0 Å². The van der Waals surface area contributed by atoms with E-state index in [-0.39, 0.29) is 29.2 Å². The van der Waals surface area contributed by atoms with Crippen LogP contribution in [0.4, 0.5) is 0 Å². The molecule has 1 heterocycles. The van der Waals surface area contributed by atoms with Crippen molar-refractivity contribution in [2.24, 2.45) is 0 Å². The maximum Gasteiger partial charge on any atom is 0.294 e. The molecule has 1 rings (SSSR count). The van der Waals surface area contributed by atoms with E-state index >= 15 is 0 Å². The molecule has 0 spiro atoms. The summed E-state index contributed by atoms with van der Waals surface area (Å²) in [5, 5.41) is 12.0. The lowest BCUT2D eigenvalue weighted by Crippen LogP contribution is -2.25. The molecular weight excluding hydrogens is 246 g/mol. The van der Waals surface area contributed by atoms with Gasteiger partial charge in [-0.15, -0.1) is 0 Å². The summed E-state index contributed by atoms with van der Waals surface area (Å²) in [6.45, 7) is 1.53. The molecule has 1 aliphatic rings. The number of aliphatic hydroxyl groups excluding tert-OH is 1. The second kappa shape index (κ2) is 5.15. The van der Waals surface area contributed by atoms with Crippen LogP contribution in [0, 0.1) is 0 Å². The summed E-state index contributed by atoms with van der Waals surface area (Å²) in [5.74, 6) is -0.658. The lowest BCUT2D eigenvalue weighted by molar-refractivity contribution is -0.117. The Balaban J connectivity index is 3.15. The highest BCUT2D eigenvalue weighted by Gasteiger charge is 2.14. The fraction of sp³-hybridized carbons (Fsp3) is 0.300. The molecule has 0 unspecified atom stereocenters. The van der Waals surface area contributed by atoms with Crippen molar-refractivity contribution in [3.05, 3.63) is 34.5 Å². The van der Waals surface area contributed by atoms with Gasteiger partial charge in [0.1, 0.15) is 5.76 Å². The zero-order valence-corrected chi connectivity index (χ0v) is 9.99. The van der Waals surface area contributed by atoms with Crippen molar-refractivity contribution in [2.75, 3.05) is 6.54 Å². The molecule has 0 aromatic carbocycles. The summed E-state index contributed by atoms with van der Waals surface area (Å²) in [6.07, 6.45) is 3.57. The molecule has 0 aromatic heterocycles. The summed E-state index contributed by atoms with van der Waals surface area (Å²) in [6, 6.07) is 0. The molecule has 1 aliphatic heterocycles. The highest BCUT2D eigenvalue weighted by molar-refractivity contribution is 7.90. The van der Waals surface area contributed by atoms with E-state index in [0.717, 1.165) is 6.08 Å². The van der Waals surface area contributed by atoms with E-state index in [0.29, 0.717) is 0 Å². The van der Waals surface area contributed by atoms with Crippen LogP contribution in [-0.4, -0.2) is 30.5 Å². The third kappa shape index (κ3) is 3.72. The number of rotatable bonds is 1. The molecule has 6 nitrogen and oxygen atoms in total. The summed E-state index contributed by atoms with van der Waals surface area (Å²) < 4.78 is 30.8. The molecule has 0 radical (unpaired) electrons. The van der Waals surface area contributed by atoms with E-state index < -0.39 is 16.0 Å². The predicted molar refractivity (Wildman–Crippen MR) is 61.7 cm³/mol. The number of allylic oxidation sites excluding steroid dienone is 2. The van der Waals surface area contributed by atoms with E-state index in [2.05, 4.69) is 5.32 Å². The van der Waals surface area contributed by atoms with Gasteiger partial charge in [0.2, 0.25) is 0 Å². The smallest absolute Gasteiger partial charge is 0.294 e. The number of hydrogen-bond donors (Lipinski definition) is 3. The summed E-state index contributed by atoms with van der Waals surface area (Å²) >= 11 is 0. The standard InChI is InChI=1S/C10H13NO5S/c1-7-9(12)5-4-8(17(14,15)16)3-2-6-11-10(7)13/h2-4,12H,5-6H2,1H3,(H,11,13)(H,14,15,16)/b3-2-,8-4+,9-7+. The fourth-order valence-electron chi connectivity index (χ4n) is 1.20. The first-order valence-electron chi connectivity index (χ1n) is 4.83. The Hall–Kier alpha value is -1.60. The summed E-state index contributed by atoms with van der Waals surface area (Å²) in [4.78, 5) is 11.1. The van der Waals surface area contributed by atoms with Crippen molar-refractivity contribution in [1.82, 2.24) is 5.32 Å². The highest BCUT2D eigenvalue weighted by atomic mass is 32.2. The molecule has 0 aromatic rings. The van der Waals surface area contributed by atoms with Crippen LogP contribution in [-0.2, 0) is 14.9 Å². The van der Waals surface area contributed by atoms with Crippen molar-refractivity contribution in [1.29, 1.82) is 0 Å². The molecule has 94 valence electrons. The average molecular weight is 259 g/mol. The lowest BCUT2D eigenvalue weighted by atomic mass is 10.1. The second-order valence-electron chi connectivity index (χ2n) is 3.47. The Kier molecular flexibility index (Phi) is 4.08. The van der Waals surface area contributed by atoms with Gasteiger partial charge in [-0.05, 0) is 13.0 Å². The largest absolute Gasteiger partial charge is 0.512 e. The number of aliphatic hydroxyl groups is 1. The summed E-state index contributed by atoms with van der Waals surface area (Å²) in [7, 11) is -4.32. The van der Waals surface area contributed by atoms with Crippen LogP contribution < -0.4 is 5.32 Å². The summed E-state index contributed by atoms with van der Waals surface area (Å²) in [5.41, 5.74) is 0.117. The van der Waals surface area contributed by atoms with E-state index in [1.807, 2.05) is 0 Å². The number of amides is 1. The van der Waals surface area contributed by atoms with Crippen LogP contribution in [0.1, 0.15) is 13.3 Å². The number of nitrogens with one attached hydrogen (secondary N) is 1. The van der Waals surface area contributed by atoms with Gasteiger partial charge in [0.05, 0.1) is 10.5 Å². The maximum absolute atomic E-state index is 11.4. The lowest BCUT2D eigenvalue weighted by Gasteiger charge is -2.07. The van der Waals surface area contributed by atoms with Gasteiger partial charge in [-0.3, -0.25) is 9.35 Å². The molecule has 0 fully saturated rings. The molecule has 0 saturated carbocycles. The number of carbonyl (C=O) groups excluding carboxylic acids is 1. The van der Waals surface area contributed by atoms with Crippen LogP contribution in [0.15, 0.2) is 34.5 Å². The molecule has 1 amide bonds. The topological polar surface area (TPSA) is 104 Å². The van der Waals surface area contributed by atoms with Crippen molar-refractivity contribution in [3.63, 3.8) is 0 Å². The van der Waals surface area contributed by atoms with Gasteiger partial charge < -0.3 is 10.4 Å². The molecule has 7 heteroatoms. The van der Waals surface area contributed by atoms with Crippen LogP contribution in [0.2, 0.25) is 0 Å². The van der Waals surface area contributed by atoms with E-state index in [1.165, 1.54) is 19.1 Å². The van der Waals surface area contributed by atoms with Gasteiger partial charge in [0.15, 0.2) is 0 Å². The minimum absolute atomic E-state index is 0.107. The van der Waals surface area contributed by atoms with Crippen LogP contribution in [0.5, 0.6) is 0 Å². The maximum atomic E-state index is 11.4. The molecule has 0 atom stereocenters. The van der Waals surface area contributed by atoms with Crippen molar-refractivity contribution >= 4 is 16.0 Å². The van der Waals surface area contributed by atoms with Crippen LogP contribution in [0.3, 0.4) is 0 Å². The Morgan fingerprint density at radius 2 is 2.06 bits per heavy atom. The average Bonchev–Trinajstić information content (AvgIpc) is 2.23. The number of hydrogen-bond acceptors (Lipinski definition) is 4. The van der Waals surface area contributed by atoms with Crippen LogP contribution in [0.25, 0.3) is 0 Å². The Morgan fingerprint density at radius 3 is 2.65 bits per heavy atom. The Morgan fingerprint density at radius 1 is 1.41 bits per heavy atom. The second-order valence-corrected chi connectivity index (χ2v) is 4.89. The molecule has 0 bridgehead atoms. The van der Waals surface area contributed by atoms with Crippen molar-refractivity contribution in [2.45, 2.75) is 13.3 Å². The van der Waals surface area contributed by atoms with Crippen molar-refractivity contribution in [3.8, 4) is 0 Å². The molecule has 3 N–H and O–H groups in total. The zero-order valence-electron chi connectivity index (χ0n) is 9.17. The van der Waals surface area contributed by atoms with Gasteiger partial charge in [-0.2, -0.15) is 8.42 Å². The van der Waals surface area contributed by atoms with Crippen molar-refractivity contribution < 1.29 is 22.9 Å². The zero-order chi connectivity index (χ0) is 13.1. The van der Waals surface area contributed by atoms with Gasteiger partial charge in [-0.1, -0.05) is 12.2 Å². The van der Waals surface area contributed by atoms with Crippen LogP contribution >= 0.6 is 0 Å². The van der Waals surface area contributed by atoms with E-state index in [9.17, 15) is 18.3 Å². The van der Waals surface area contributed by atoms with Gasteiger partial charge in [0, 0.05) is 13.0 Å². The molecule has 0 saturated heterocycles. The normalized spacial score (nSPS) is 27.9. The van der Waals surface area contributed by atoms with Gasteiger partial charge >= 0.3 is 0 Å². The SMILES string of the molecule is C/C1=C(\O)C/C=C(S(=O)(=O)O)\C=C/CNC1=O. The molecular formula is C10H13NO5S. The molecule has 0 aliphatic carbocycles. The fourth-order valence-corrected chi connectivity index (χ4v) is 1.76. The van der Waals surface area contributed by atoms with E-state index in [1.54, 1.807) is 0 Å². The first-order valence-corrected chi connectivity index (χ1v) is 6.27. The Labute approximate surface area is 99.1 Å². The highest BCUT2D eigenvalue weighted by Crippen LogP contribution is 2.13. The third-order valence-electron chi connectivity index (χ3n) is 2.23. The minimum Gasteiger partial charge on any atom is -0.512 e. The third-order valence-corrected chi connectivity index (χ3v) is 3.13. The quantitative estimate of drug-likeness (QED) is 0.600. The minimum atomic E-state index is -4.32. The van der Waals surface area contributed by atoms with E-state index in [4.69, 9.17) is 4.55 Å². The first-order chi connectivity index (χ1) is 7.82.